The van der Waals surface area contributed by atoms with Crippen LogP contribution >= 0.6 is 11.3 Å². The number of pyridine rings is 1. The highest BCUT2D eigenvalue weighted by atomic mass is 32.1. The second kappa shape index (κ2) is 10.9. The van der Waals surface area contributed by atoms with Crippen molar-refractivity contribution in [1.82, 2.24) is 20.6 Å². The standard InChI is InChI=1S/C33H34N4O2S/c1-32(20-24-21-35-26-13-5-4-12-25(24)26,37-30(38)28-19-23-11-3-6-14-27(23)40-28)31(39)36-22-33(16-8-2-9-17-33)29-15-7-10-18-34-29/h3-7,10-15,18-19,21,35H,2,8-9,16-17,20,22H2,1H3,(H,36,39)(H,37,38)/t32-/m0/s1. The zero-order chi connectivity index (χ0) is 27.6. The zero-order valence-corrected chi connectivity index (χ0v) is 23.5. The average molecular weight is 551 g/mol. The lowest BCUT2D eigenvalue weighted by molar-refractivity contribution is -0.127. The Kier molecular flexibility index (Phi) is 7.15. The van der Waals surface area contributed by atoms with Crippen LogP contribution in [0.25, 0.3) is 21.0 Å². The number of aromatic amines is 1. The maximum atomic E-state index is 14.1. The van der Waals surface area contributed by atoms with Crippen molar-refractivity contribution >= 4 is 44.1 Å². The number of nitrogens with zero attached hydrogens (tertiary/aromatic N) is 1. The number of rotatable bonds is 8. The first-order valence-corrected chi connectivity index (χ1v) is 14.8. The molecule has 1 saturated carbocycles. The van der Waals surface area contributed by atoms with Gasteiger partial charge in [-0.15, -0.1) is 11.3 Å². The first kappa shape index (κ1) is 26.3. The van der Waals surface area contributed by atoms with Gasteiger partial charge in [-0.3, -0.25) is 14.6 Å². The Morgan fingerprint density at radius 3 is 2.58 bits per heavy atom. The molecule has 3 aromatic heterocycles. The van der Waals surface area contributed by atoms with E-state index in [2.05, 4.69) is 21.7 Å². The molecule has 2 aromatic carbocycles. The minimum atomic E-state index is -1.17. The van der Waals surface area contributed by atoms with E-state index in [9.17, 15) is 9.59 Å². The number of para-hydroxylation sites is 1. The molecule has 0 aliphatic heterocycles. The summed E-state index contributed by atoms with van der Waals surface area (Å²) in [4.78, 5) is 36.3. The van der Waals surface area contributed by atoms with E-state index in [1.165, 1.54) is 17.8 Å². The molecule has 6 rings (SSSR count). The number of hydrogen-bond acceptors (Lipinski definition) is 4. The van der Waals surface area contributed by atoms with Crippen LogP contribution < -0.4 is 10.6 Å². The molecular weight excluding hydrogens is 516 g/mol. The highest BCUT2D eigenvalue weighted by Gasteiger charge is 2.40. The van der Waals surface area contributed by atoms with E-state index < -0.39 is 5.54 Å². The number of carbonyl (C=O) groups excluding carboxylic acids is 2. The van der Waals surface area contributed by atoms with Crippen LogP contribution in [-0.2, 0) is 16.6 Å². The van der Waals surface area contributed by atoms with E-state index in [-0.39, 0.29) is 17.2 Å². The molecule has 0 bridgehead atoms. The van der Waals surface area contributed by atoms with Gasteiger partial charge in [-0.2, -0.15) is 0 Å². The fraction of sp³-hybridized carbons (Fsp3) is 0.303. The largest absolute Gasteiger partial charge is 0.361 e. The highest BCUT2D eigenvalue weighted by Crippen LogP contribution is 2.38. The Morgan fingerprint density at radius 1 is 1.00 bits per heavy atom. The third kappa shape index (κ3) is 5.13. The van der Waals surface area contributed by atoms with Crippen molar-refractivity contribution in [2.45, 2.75) is 56.4 Å². The third-order valence-electron chi connectivity index (χ3n) is 8.37. The summed E-state index contributed by atoms with van der Waals surface area (Å²) in [5, 5.41) is 8.49. The Balaban J connectivity index is 1.30. The smallest absolute Gasteiger partial charge is 0.262 e. The number of fused-ring (bicyclic) bond motifs is 2. The minimum Gasteiger partial charge on any atom is -0.361 e. The first-order valence-electron chi connectivity index (χ1n) is 14.0. The molecule has 1 aliphatic carbocycles. The lowest BCUT2D eigenvalue weighted by Gasteiger charge is -2.38. The average Bonchev–Trinajstić information content (AvgIpc) is 3.61. The van der Waals surface area contributed by atoms with Crippen molar-refractivity contribution in [3.05, 3.63) is 101 Å². The van der Waals surface area contributed by atoms with Gasteiger partial charge >= 0.3 is 0 Å². The second-order valence-corrected chi connectivity index (χ2v) is 12.3. The summed E-state index contributed by atoms with van der Waals surface area (Å²) in [6, 6.07) is 23.9. The molecule has 40 heavy (non-hydrogen) atoms. The van der Waals surface area contributed by atoms with Gasteiger partial charge in [0.1, 0.15) is 5.54 Å². The second-order valence-electron chi connectivity index (χ2n) is 11.2. The summed E-state index contributed by atoms with van der Waals surface area (Å²) < 4.78 is 1.05. The number of nitrogens with one attached hydrogen (secondary N) is 3. The summed E-state index contributed by atoms with van der Waals surface area (Å²) in [5.41, 5.74) is 1.65. The SMILES string of the molecule is C[C@@](Cc1c[nH]c2ccccc12)(NC(=O)c1cc2ccccc2s1)C(=O)NCC1(c2ccccn2)CCCCC1. The number of thiophene rings is 1. The zero-order valence-electron chi connectivity index (χ0n) is 22.7. The molecule has 2 amide bonds. The number of hydrogen-bond donors (Lipinski definition) is 3. The van der Waals surface area contributed by atoms with Crippen LogP contribution in [0, 0.1) is 0 Å². The highest BCUT2D eigenvalue weighted by molar-refractivity contribution is 7.20. The van der Waals surface area contributed by atoms with Crippen LogP contribution in [0.5, 0.6) is 0 Å². The van der Waals surface area contributed by atoms with Crippen molar-refractivity contribution in [1.29, 1.82) is 0 Å². The van der Waals surface area contributed by atoms with Crippen molar-refractivity contribution in [2.24, 2.45) is 0 Å². The summed E-state index contributed by atoms with van der Waals surface area (Å²) in [5.74, 6) is -0.427. The molecule has 0 saturated heterocycles. The Labute approximate surface area is 238 Å². The lowest BCUT2D eigenvalue weighted by atomic mass is 9.71. The van der Waals surface area contributed by atoms with Crippen LogP contribution in [0.3, 0.4) is 0 Å². The molecule has 0 unspecified atom stereocenters. The fourth-order valence-corrected chi connectivity index (χ4v) is 7.08. The maximum absolute atomic E-state index is 14.1. The van der Waals surface area contributed by atoms with E-state index in [1.54, 1.807) is 0 Å². The normalized spacial score (nSPS) is 16.4. The van der Waals surface area contributed by atoms with Crippen LogP contribution in [0.15, 0.2) is 85.2 Å². The number of benzene rings is 2. The van der Waals surface area contributed by atoms with Crippen molar-refractivity contribution in [3.63, 3.8) is 0 Å². The van der Waals surface area contributed by atoms with Crippen LogP contribution in [0.2, 0.25) is 0 Å². The molecule has 1 atom stereocenters. The van der Waals surface area contributed by atoms with Crippen molar-refractivity contribution < 1.29 is 9.59 Å². The Bertz CT molecular complexity index is 1620. The molecule has 5 aromatic rings. The van der Waals surface area contributed by atoms with E-state index in [4.69, 9.17) is 4.98 Å². The first-order chi connectivity index (χ1) is 19.5. The van der Waals surface area contributed by atoms with Crippen LogP contribution in [0.4, 0.5) is 0 Å². The monoisotopic (exact) mass is 550 g/mol. The number of H-pyrrole nitrogens is 1. The van der Waals surface area contributed by atoms with E-state index >= 15 is 0 Å². The molecule has 1 aliphatic rings. The van der Waals surface area contributed by atoms with Gasteiger partial charge in [0.15, 0.2) is 0 Å². The van der Waals surface area contributed by atoms with E-state index in [0.29, 0.717) is 17.8 Å². The van der Waals surface area contributed by atoms with Gasteiger partial charge < -0.3 is 15.6 Å². The predicted octanol–water partition coefficient (Wildman–Crippen LogP) is 6.53. The summed E-state index contributed by atoms with van der Waals surface area (Å²) in [7, 11) is 0. The molecule has 0 radical (unpaired) electrons. The molecule has 3 heterocycles. The van der Waals surface area contributed by atoms with Crippen molar-refractivity contribution in [2.75, 3.05) is 6.54 Å². The maximum Gasteiger partial charge on any atom is 0.262 e. The summed E-state index contributed by atoms with van der Waals surface area (Å²) >= 11 is 1.44. The van der Waals surface area contributed by atoms with Crippen LogP contribution in [-0.4, -0.2) is 33.9 Å². The number of carbonyl (C=O) groups is 2. The minimum absolute atomic E-state index is 0.187. The molecule has 204 valence electrons. The van der Waals surface area contributed by atoms with Crippen LogP contribution in [0.1, 0.15) is 60.0 Å². The summed E-state index contributed by atoms with van der Waals surface area (Å²) in [6.07, 6.45) is 9.53. The Hall–Kier alpha value is -3.97. The fourth-order valence-electron chi connectivity index (χ4n) is 6.12. The third-order valence-corrected chi connectivity index (χ3v) is 9.48. The molecule has 7 heteroatoms. The van der Waals surface area contributed by atoms with Gasteiger partial charge in [0.25, 0.3) is 5.91 Å². The van der Waals surface area contributed by atoms with Gasteiger partial charge in [0, 0.05) is 52.1 Å². The molecule has 1 fully saturated rings. The van der Waals surface area contributed by atoms with E-state index in [0.717, 1.165) is 57.9 Å². The molecule has 6 nitrogen and oxygen atoms in total. The van der Waals surface area contributed by atoms with Crippen molar-refractivity contribution in [3.8, 4) is 0 Å². The molecule has 3 N–H and O–H groups in total. The topological polar surface area (TPSA) is 86.9 Å². The molecule has 0 spiro atoms. The Morgan fingerprint density at radius 2 is 1.77 bits per heavy atom. The number of aromatic nitrogens is 2. The summed E-state index contributed by atoms with van der Waals surface area (Å²) in [6.45, 7) is 2.33. The van der Waals surface area contributed by atoms with E-state index in [1.807, 2.05) is 86.0 Å². The lowest BCUT2D eigenvalue weighted by Crippen LogP contribution is -2.59. The van der Waals surface area contributed by atoms with Gasteiger partial charge in [0.2, 0.25) is 5.91 Å². The van der Waals surface area contributed by atoms with Gasteiger partial charge in [0.05, 0.1) is 4.88 Å². The quantitative estimate of drug-likeness (QED) is 0.205. The predicted molar refractivity (Wildman–Crippen MR) is 162 cm³/mol. The molecular formula is C33H34N4O2S. The number of amides is 2. The van der Waals surface area contributed by atoms with Gasteiger partial charge in [-0.25, -0.2) is 0 Å². The van der Waals surface area contributed by atoms with Gasteiger partial charge in [-0.05, 0) is 61.0 Å². The van der Waals surface area contributed by atoms with Gasteiger partial charge in [-0.1, -0.05) is 61.7 Å².